The highest BCUT2D eigenvalue weighted by Gasteiger charge is 2.19. The summed E-state index contributed by atoms with van der Waals surface area (Å²) in [6, 6.07) is 0. The van der Waals surface area contributed by atoms with Crippen LogP contribution < -0.4 is 0 Å². The summed E-state index contributed by atoms with van der Waals surface area (Å²) in [7, 11) is 0. The van der Waals surface area contributed by atoms with Gasteiger partial charge in [0, 0.05) is 19.3 Å². The van der Waals surface area contributed by atoms with Crippen molar-refractivity contribution in [2.45, 2.75) is 341 Å². The summed E-state index contributed by atoms with van der Waals surface area (Å²) in [5.41, 5.74) is 0. The molecular formula is C68H122O6. The molecule has 0 heterocycles. The largest absolute Gasteiger partial charge is 0.462 e. The van der Waals surface area contributed by atoms with Gasteiger partial charge in [-0.15, -0.1) is 0 Å². The Morgan fingerprint density at radius 1 is 0.284 bits per heavy atom. The third kappa shape index (κ3) is 60.0. The zero-order valence-corrected chi connectivity index (χ0v) is 49.4. The topological polar surface area (TPSA) is 78.9 Å². The molecule has 0 aliphatic rings. The summed E-state index contributed by atoms with van der Waals surface area (Å²) < 4.78 is 16.9. The molecule has 0 aromatic heterocycles. The van der Waals surface area contributed by atoms with E-state index in [1.54, 1.807) is 0 Å². The molecule has 0 aromatic carbocycles. The minimum absolute atomic E-state index is 0.0681. The molecule has 0 bridgehead atoms. The lowest BCUT2D eigenvalue weighted by Gasteiger charge is -2.18. The van der Waals surface area contributed by atoms with Crippen LogP contribution in [0.25, 0.3) is 0 Å². The van der Waals surface area contributed by atoms with Gasteiger partial charge in [0.25, 0.3) is 0 Å². The van der Waals surface area contributed by atoms with Gasteiger partial charge in [0.2, 0.25) is 0 Å². The lowest BCUT2D eigenvalue weighted by molar-refractivity contribution is -0.167. The molecule has 0 radical (unpaired) electrons. The molecule has 6 nitrogen and oxygen atoms in total. The molecule has 0 rings (SSSR count). The quantitative estimate of drug-likeness (QED) is 0.0261. The summed E-state index contributed by atoms with van der Waals surface area (Å²) in [5, 5.41) is 0. The summed E-state index contributed by atoms with van der Waals surface area (Å²) in [6.45, 7) is 6.54. The molecule has 6 heteroatoms. The zero-order chi connectivity index (χ0) is 53.6. The van der Waals surface area contributed by atoms with Crippen LogP contribution in [0.1, 0.15) is 335 Å². The van der Waals surface area contributed by atoms with Gasteiger partial charge >= 0.3 is 17.9 Å². The molecule has 1 atom stereocenters. The standard InChI is InChI=1S/C68H122O6/c1-4-7-10-13-16-19-21-23-25-27-28-29-30-31-32-33-34-35-36-37-38-39-40-42-43-45-47-49-52-55-58-61-67(70)73-64-65(63-72-66(69)60-57-54-51-18-15-12-9-6-3)74-68(71)62-59-56-53-50-48-46-44-41-26-24-22-20-17-14-11-8-5-2/h7,10,16,19,23,25,28-29,31-32,65H,4-6,8-9,11-15,17-18,20-22,24,26-27,30,33-64H2,1-3H3/b10-7-,19-16-,25-23-,29-28-,32-31-. The Kier molecular flexibility index (Phi) is 60.2. The Bertz CT molecular complexity index is 1330. The van der Waals surface area contributed by atoms with Crippen LogP contribution in [0.15, 0.2) is 60.8 Å². The molecular weight excluding hydrogens is 913 g/mol. The second kappa shape index (κ2) is 62.6. The first-order chi connectivity index (χ1) is 36.5. The molecule has 0 spiro atoms. The van der Waals surface area contributed by atoms with E-state index in [1.165, 1.54) is 205 Å². The third-order valence-corrected chi connectivity index (χ3v) is 14.3. The number of carbonyl (C=O) groups is 3. The number of rotatable bonds is 59. The number of carbonyl (C=O) groups excluding carboxylic acids is 3. The number of hydrogen-bond donors (Lipinski definition) is 0. The lowest BCUT2D eigenvalue weighted by atomic mass is 10.0. The van der Waals surface area contributed by atoms with Gasteiger partial charge in [-0.25, -0.2) is 0 Å². The van der Waals surface area contributed by atoms with E-state index in [9.17, 15) is 14.4 Å². The van der Waals surface area contributed by atoms with Crippen LogP contribution in [-0.2, 0) is 28.6 Å². The Morgan fingerprint density at radius 2 is 0.527 bits per heavy atom. The van der Waals surface area contributed by atoms with Gasteiger partial charge in [-0.3, -0.25) is 14.4 Å². The van der Waals surface area contributed by atoms with Crippen molar-refractivity contribution in [3.05, 3.63) is 60.8 Å². The van der Waals surface area contributed by atoms with Crippen LogP contribution in [0.4, 0.5) is 0 Å². The predicted octanol–water partition coefficient (Wildman–Crippen LogP) is 21.9. The van der Waals surface area contributed by atoms with Crippen LogP contribution in [0.2, 0.25) is 0 Å². The van der Waals surface area contributed by atoms with Crippen LogP contribution in [0.3, 0.4) is 0 Å². The first kappa shape index (κ1) is 71.1. The molecule has 0 aliphatic heterocycles. The smallest absolute Gasteiger partial charge is 0.306 e. The number of hydrogen-bond acceptors (Lipinski definition) is 6. The van der Waals surface area contributed by atoms with E-state index in [-0.39, 0.29) is 31.1 Å². The van der Waals surface area contributed by atoms with Crippen molar-refractivity contribution >= 4 is 17.9 Å². The molecule has 430 valence electrons. The van der Waals surface area contributed by atoms with Gasteiger partial charge < -0.3 is 14.2 Å². The molecule has 0 saturated heterocycles. The van der Waals surface area contributed by atoms with Crippen molar-refractivity contribution in [2.75, 3.05) is 13.2 Å². The van der Waals surface area contributed by atoms with E-state index in [0.717, 1.165) is 89.9 Å². The monoisotopic (exact) mass is 1030 g/mol. The summed E-state index contributed by atoms with van der Waals surface area (Å²) in [6.07, 6.45) is 79.7. The molecule has 74 heavy (non-hydrogen) atoms. The third-order valence-electron chi connectivity index (χ3n) is 14.3. The summed E-state index contributed by atoms with van der Waals surface area (Å²) in [4.78, 5) is 38.1. The van der Waals surface area contributed by atoms with Gasteiger partial charge in [0.1, 0.15) is 13.2 Å². The Balaban J connectivity index is 4.07. The SMILES string of the molecule is CC/C=C\C/C=C\C/C=C\C/C=C\C/C=C\CCCCCCCCCCCCCCCCCC(=O)OCC(COC(=O)CCCCCCCCCC)OC(=O)CCCCCCCCCCCCCCCCCCC. The second-order valence-corrected chi connectivity index (χ2v) is 21.7. The van der Waals surface area contributed by atoms with Crippen molar-refractivity contribution in [2.24, 2.45) is 0 Å². The summed E-state index contributed by atoms with van der Waals surface area (Å²) >= 11 is 0. The zero-order valence-electron chi connectivity index (χ0n) is 49.4. The van der Waals surface area contributed by atoms with E-state index in [0.29, 0.717) is 19.3 Å². The Morgan fingerprint density at radius 3 is 0.824 bits per heavy atom. The molecule has 0 aliphatic carbocycles. The van der Waals surface area contributed by atoms with Crippen molar-refractivity contribution in [1.29, 1.82) is 0 Å². The maximum absolute atomic E-state index is 12.9. The first-order valence-corrected chi connectivity index (χ1v) is 32.3. The fourth-order valence-electron chi connectivity index (χ4n) is 9.47. The number of ether oxygens (including phenoxy) is 3. The highest BCUT2D eigenvalue weighted by atomic mass is 16.6. The van der Waals surface area contributed by atoms with Crippen molar-refractivity contribution in [3.8, 4) is 0 Å². The molecule has 0 N–H and O–H groups in total. The molecule has 0 aromatic rings. The molecule has 0 saturated carbocycles. The van der Waals surface area contributed by atoms with Crippen LogP contribution in [0, 0.1) is 0 Å². The fourth-order valence-corrected chi connectivity index (χ4v) is 9.47. The van der Waals surface area contributed by atoms with Crippen LogP contribution in [-0.4, -0.2) is 37.2 Å². The minimum atomic E-state index is -0.768. The predicted molar refractivity (Wildman–Crippen MR) is 321 cm³/mol. The number of unbranched alkanes of at least 4 members (excludes halogenated alkanes) is 38. The maximum atomic E-state index is 12.9. The van der Waals surface area contributed by atoms with Gasteiger partial charge in [-0.2, -0.15) is 0 Å². The number of esters is 3. The van der Waals surface area contributed by atoms with Crippen molar-refractivity contribution in [1.82, 2.24) is 0 Å². The van der Waals surface area contributed by atoms with Crippen LogP contribution >= 0.6 is 0 Å². The number of allylic oxidation sites excluding steroid dienone is 10. The average Bonchev–Trinajstić information content (AvgIpc) is 3.40. The fraction of sp³-hybridized carbons (Fsp3) is 0.809. The van der Waals surface area contributed by atoms with Gasteiger partial charge in [-0.05, 0) is 64.2 Å². The highest BCUT2D eigenvalue weighted by Crippen LogP contribution is 2.17. The lowest BCUT2D eigenvalue weighted by Crippen LogP contribution is -2.30. The van der Waals surface area contributed by atoms with E-state index in [2.05, 4.69) is 81.5 Å². The highest BCUT2D eigenvalue weighted by molar-refractivity contribution is 5.71. The van der Waals surface area contributed by atoms with E-state index in [1.807, 2.05) is 0 Å². The second-order valence-electron chi connectivity index (χ2n) is 21.7. The van der Waals surface area contributed by atoms with Crippen molar-refractivity contribution in [3.63, 3.8) is 0 Å². The Hall–Kier alpha value is -2.89. The van der Waals surface area contributed by atoms with Crippen molar-refractivity contribution < 1.29 is 28.6 Å². The Labute approximate surface area is 460 Å². The minimum Gasteiger partial charge on any atom is -0.462 e. The normalized spacial score (nSPS) is 12.4. The van der Waals surface area contributed by atoms with E-state index >= 15 is 0 Å². The first-order valence-electron chi connectivity index (χ1n) is 32.3. The molecule has 1 unspecified atom stereocenters. The summed E-state index contributed by atoms with van der Waals surface area (Å²) in [5.74, 6) is -0.853. The molecule has 0 amide bonds. The average molecular weight is 1040 g/mol. The van der Waals surface area contributed by atoms with Crippen LogP contribution in [0.5, 0.6) is 0 Å². The van der Waals surface area contributed by atoms with Gasteiger partial charge in [0.15, 0.2) is 6.10 Å². The van der Waals surface area contributed by atoms with Gasteiger partial charge in [-0.1, -0.05) is 313 Å². The molecule has 0 fully saturated rings. The van der Waals surface area contributed by atoms with Gasteiger partial charge in [0.05, 0.1) is 0 Å². The van der Waals surface area contributed by atoms with E-state index < -0.39 is 6.10 Å². The van der Waals surface area contributed by atoms with E-state index in [4.69, 9.17) is 14.2 Å². The maximum Gasteiger partial charge on any atom is 0.306 e.